The summed E-state index contributed by atoms with van der Waals surface area (Å²) in [5, 5.41) is 12.5. The minimum Gasteiger partial charge on any atom is -0.481 e. The zero-order chi connectivity index (χ0) is 9.76. The lowest BCUT2D eigenvalue weighted by atomic mass is 9.40. The van der Waals surface area contributed by atoms with E-state index in [2.05, 4.69) is 10.2 Å². The Morgan fingerprint density at radius 2 is 2.00 bits per heavy atom. The predicted molar refractivity (Wildman–Crippen MR) is 51.0 cm³/mol. The molecule has 1 atom stereocenters. The summed E-state index contributed by atoms with van der Waals surface area (Å²) < 4.78 is 0. The third kappa shape index (κ3) is 0.880. The topological polar surface area (TPSA) is 52.6 Å². The smallest absolute Gasteiger partial charge is 0.311 e. The van der Waals surface area contributed by atoms with Crippen LogP contribution in [-0.2, 0) is 4.79 Å². The number of nitrogens with one attached hydrogen (secondary N) is 1. The Labute approximate surface area is 83.3 Å². The van der Waals surface area contributed by atoms with Gasteiger partial charge in [-0.05, 0) is 18.8 Å². The van der Waals surface area contributed by atoms with E-state index in [1.807, 2.05) is 0 Å². The zero-order valence-corrected chi connectivity index (χ0v) is 8.20. The van der Waals surface area contributed by atoms with Crippen LogP contribution in [-0.4, -0.2) is 48.2 Å². The van der Waals surface area contributed by atoms with Crippen LogP contribution in [0.3, 0.4) is 0 Å². The quantitative estimate of drug-likeness (QED) is 0.639. The molecule has 0 spiro atoms. The van der Waals surface area contributed by atoms with Gasteiger partial charge in [0.1, 0.15) is 0 Å². The van der Waals surface area contributed by atoms with Crippen molar-refractivity contribution in [2.24, 2.45) is 11.3 Å². The van der Waals surface area contributed by atoms with Crippen LogP contribution < -0.4 is 5.32 Å². The fourth-order valence-electron chi connectivity index (χ4n) is 3.38. The number of rotatable bonds is 2. The zero-order valence-electron chi connectivity index (χ0n) is 8.20. The Kier molecular flexibility index (Phi) is 1.67. The number of hydrogen-bond donors (Lipinski definition) is 2. The number of carbonyl (C=O) groups is 1. The fourth-order valence-corrected chi connectivity index (χ4v) is 3.38. The molecule has 1 unspecified atom stereocenters. The van der Waals surface area contributed by atoms with Crippen LogP contribution in [0.5, 0.6) is 0 Å². The molecule has 0 amide bonds. The first-order valence-corrected chi connectivity index (χ1v) is 5.42. The van der Waals surface area contributed by atoms with Gasteiger partial charge in [-0.2, -0.15) is 0 Å². The Morgan fingerprint density at radius 3 is 2.43 bits per heavy atom. The average molecular weight is 196 g/mol. The molecule has 14 heavy (non-hydrogen) atoms. The molecular formula is C10H16N2O2. The van der Waals surface area contributed by atoms with Crippen LogP contribution in [0, 0.1) is 11.3 Å². The van der Waals surface area contributed by atoms with E-state index < -0.39 is 5.97 Å². The Morgan fingerprint density at radius 1 is 1.36 bits per heavy atom. The maximum absolute atomic E-state index is 11.2. The fraction of sp³-hybridized carbons (Fsp3) is 0.900. The molecule has 1 saturated heterocycles. The van der Waals surface area contributed by atoms with Gasteiger partial charge in [-0.25, -0.2) is 0 Å². The van der Waals surface area contributed by atoms with Gasteiger partial charge in [0.2, 0.25) is 0 Å². The molecule has 1 aliphatic heterocycles. The molecule has 4 rings (SSSR count). The van der Waals surface area contributed by atoms with E-state index in [1.54, 1.807) is 0 Å². The second-order valence-electron chi connectivity index (χ2n) is 4.86. The van der Waals surface area contributed by atoms with Crippen LogP contribution in [0.2, 0.25) is 0 Å². The number of carboxylic acids is 1. The molecule has 78 valence electrons. The van der Waals surface area contributed by atoms with Gasteiger partial charge in [-0.1, -0.05) is 0 Å². The third-order valence-electron chi connectivity index (χ3n) is 4.24. The molecule has 2 N–H and O–H groups in total. The monoisotopic (exact) mass is 196 g/mol. The Hall–Kier alpha value is -0.610. The first-order valence-electron chi connectivity index (χ1n) is 5.42. The lowest BCUT2D eigenvalue weighted by molar-refractivity contribution is -0.223. The molecular weight excluding hydrogens is 180 g/mol. The first kappa shape index (κ1) is 8.68. The van der Waals surface area contributed by atoms with E-state index in [1.165, 1.54) is 0 Å². The van der Waals surface area contributed by atoms with Crippen molar-refractivity contribution in [3.63, 3.8) is 0 Å². The van der Waals surface area contributed by atoms with E-state index in [4.69, 9.17) is 0 Å². The number of carboxylic acid groups (broad SMARTS) is 1. The number of piperazine rings is 1. The lowest BCUT2D eigenvalue weighted by Crippen LogP contribution is -2.76. The van der Waals surface area contributed by atoms with Crippen LogP contribution in [0.25, 0.3) is 0 Å². The molecule has 4 fully saturated rings. The highest BCUT2D eigenvalue weighted by molar-refractivity contribution is 5.80. The number of hydrogen-bond acceptors (Lipinski definition) is 3. The Bertz CT molecular complexity index is 267. The molecule has 0 radical (unpaired) electrons. The summed E-state index contributed by atoms with van der Waals surface area (Å²) in [4.78, 5) is 13.5. The van der Waals surface area contributed by atoms with Crippen molar-refractivity contribution in [2.75, 3.05) is 26.2 Å². The highest BCUT2D eigenvalue weighted by atomic mass is 16.4. The SMILES string of the molecule is O=C(O)C12CC(C1)C2N1CCNCC1. The van der Waals surface area contributed by atoms with Gasteiger partial charge in [-0.3, -0.25) is 9.69 Å². The summed E-state index contributed by atoms with van der Waals surface area (Å²) in [6, 6.07) is 0.363. The minimum absolute atomic E-state index is 0.345. The van der Waals surface area contributed by atoms with Crippen LogP contribution in [0.4, 0.5) is 0 Å². The standard InChI is InChI=1S/C10H16N2O2/c13-9(14)10-5-7(6-10)8(10)12-3-1-11-2-4-12/h7-8,11H,1-6H2,(H,13,14). The molecule has 0 aromatic heterocycles. The molecule has 4 nitrogen and oxygen atoms in total. The highest BCUT2D eigenvalue weighted by Crippen LogP contribution is 2.66. The van der Waals surface area contributed by atoms with Gasteiger partial charge >= 0.3 is 5.97 Å². The van der Waals surface area contributed by atoms with Crippen LogP contribution in [0.15, 0.2) is 0 Å². The molecule has 3 saturated carbocycles. The van der Waals surface area contributed by atoms with Crippen molar-refractivity contribution in [3.8, 4) is 0 Å². The van der Waals surface area contributed by atoms with Gasteiger partial charge < -0.3 is 10.4 Å². The normalized spacial score (nSPS) is 46.6. The maximum Gasteiger partial charge on any atom is 0.311 e. The second kappa shape index (κ2) is 2.70. The summed E-state index contributed by atoms with van der Waals surface area (Å²) >= 11 is 0. The van der Waals surface area contributed by atoms with Crippen molar-refractivity contribution in [1.29, 1.82) is 0 Å². The molecule has 0 aromatic rings. The van der Waals surface area contributed by atoms with E-state index >= 15 is 0 Å². The predicted octanol–water partition coefficient (Wildman–Crippen LogP) is -0.245. The van der Waals surface area contributed by atoms with Crippen molar-refractivity contribution in [2.45, 2.75) is 18.9 Å². The van der Waals surface area contributed by atoms with Crippen molar-refractivity contribution in [3.05, 3.63) is 0 Å². The summed E-state index contributed by atoms with van der Waals surface area (Å²) in [6.07, 6.45) is 1.86. The summed E-state index contributed by atoms with van der Waals surface area (Å²) in [6.45, 7) is 4.07. The van der Waals surface area contributed by atoms with E-state index in [0.29, 0.717) is 12.0 Å². The van der Waals surface area contributed by atoms with E-state index in [0.717, 1.165) is 39.0 Å². The largest absolute Gasteiger partial charge is 0.481 e. The van der Waals surface area contributed by atoms with E-state index in [-0.39, 0.29) is 5.41 Å². The van der Waals surface area contributed by atoms with Crippen LogP contribution >= 0.6 is 0 Å². The summed E-state index contributed by atoms with van der Waals surface area (Å²) in [7, 11) is 0. The third-order valence-corrected chi connectivity index (χ3v) is 4.24. The van der Waals surface area contributed by atoms with Gasteiger partial charge in [-0.15, -0.1) is 0 Å². The number of nitrogens with zero attached hydrogens (tertiary/aromatic N) is 1. The molecule has 2 bridgehead atoms. The molecule has 0 aromatic carbocycles. The van der Waals surface area contributed by atoms with Gasteiger partial charge in [0, 0.05) is 32.2 Å². The first-order chi connectivity index (χ1) is 6.74. The minimum atomic E-state index is -0.566. The highest BCUT2D eigenvalue weighted by Gasteiger charge is 2.71. The van der Waals surface area contributed by atoms with Gasteiger partial charge in [0.15, 0.2) is 0 Å². The van der Waals surface area contributed by atoms with Crippen LogP contribution in [0.1, 0.15) is 12.8 Å². The molecule has 1 heterocycles. The van der Waals surface area contributed by atoms with Crippen molar-refractivity contribution < 1.29 is 9.90 Å². The lowest BCUT2D eigenvalue weighted by Gasteiger charge is -2.68. The number of aliphatic carboxylic acids is 1. The average Bonchev–Trinajstić information content (AvgIpc) is 2.00. The van der Waals surface area contributed by atoms with Gasteiger partial charge in [0.25, 0.3) is 0 Å². The second-order valence-corrected chi connectivity index (χ2v) is 4.86. The maximum atomic E-state index is 11.2. The molecule has 4 aliphatic rings. The molecule has 3 aliphatic carbocycles. The summed E-state index contributed by atoms with van der Waals surface area (Å²) in [5.74, 6) is 0.118. The Balaban J connectivity index is 1.72. The van der Waals surface area contributed by atoms with Crippen molar-refractivity contribution >= 4 is 5.97 Å². The summed E-state index contributed by atoms with van der Waals surface area (Å²) in [5.41, 5.74) is -0.345. The van der Waals surface area contributed by atoms with Gasteiger partial charge in [0.05, 0.1) is 5.41 Å². The van der Waals surface area contributed by atoms with E-state index in [9.17, 15) is 9.90 Å². The molecule has 4 heteroatoms. The van der Waals surface area contributed by atoms with Crippen molar-refractivity contribution in [1.82, 2.24) is 10.2 Å².